The fourth-order valence-corrected chi connectivity index (χ4v) is 9.28. The number of nitrogens with one attached hydrogen (secondary N) is 1. The number of carbonyl (C=O) groups is 1. The van der Waals surface area contributed by atoms with Gasteiger partial charge in [-0.2, -0.15) is 0 Å². The zero-order chi connectivity index (χ0) is 49.2. The Morgan fingerprint density at radius 1 is 0.507 bits per heavy atom. The van der Waals surface area contributed by atoms with Crippen molar-refractivity contribution in [3.63, 3.8) is 0 Å². The first-order valence-corrected chi connectivity index (χ1v) is 30.4. The Morgan fingerprint density at radius 2 is 0.851 bits per heavy atom. The van der Waals surface area contributed by atoms with Crippen LogP contribution in [-0.2, 0) is 18.4 Å². The summed E-state index contributed by atoms with van der Waals surface area (Å²) in [5, 5.41) is 13.9. The molecule has 3 atom stereocenters. The number of carbonyl (C=O) groups excluding carboxylic acids is 1. The minimum absolute atomic E-state index is 0.0588. The summed E-state index contributed by atoms with van der Waals surface area (Å²) in [5.41, 5.74) is 0. The minimum Gasteiger partial charge on any atom is -0.387 e. The van der Waals surface area contributed by atoms with Crippen LogP contribution >= 0.6 is 7.82 Å². The van der Waals surface area contributed by atoms with E-state index in [0.717, 1.165) is 64.2 Å². The Kier molecular flexibility index (Phi) is 48.7. The van der Waals surface area contributed by atoms with Gasteiger partial charge >= 0.3 is 7.82 Å². The zero-order valence-electron chi connectivity index (χ0n) is 45.2. The molecule has 0 saturated heterocycles. The molecule has 1 amide bonds. The summed E-state index contributed by atoms with van der Waals surface area (Å²) in [5.74, 6) is -0.189. The van der Waals surface area contributed by atoms with Crippen LogP contribution in [0.3, 0.4) is 0 Å². The molecule has 0 spiro atoms. The first kappa shape index (κ1) is 65.7. The van der Waals surface area contributed by atoms with E-state index in [0.29, 0.717) is 17.4 Å². The summed E-state index contributed by atoms with van der Waals surface area (Å²) in [6.45, 7) is 4.80. The standard InChI is InChI=1S/C58H113N2O6P/c1-6-8-10-12-14-16-18-20-22-23-24-25-26-27-28-29-30-31-32-33-34-35-36-38-39-41-43-45-47-49-51-57(61)56(55-66-67(63,64)65-54-53-60(3,4)5)59-58(62)52-50-48-46-44-42-40-37-21-19-17-15-13-11-9-7-2/h15,17,21,37,49,51,56-57,61H,6-14,16,18-20,22-36,38-48,50,52-55H2,1-5H3,(H-,59,62,63,64)/p+1/b17-15-,37-21-,51-49+. The third-order valence-electron chi connectivity index (χ3n) is 13.1. The molecule has 3 N–H and O–H groups in total. The van der Waals surface area contributed by atoms with Gasteiger partial charge in [-0.05, 0) is 51.4 Å². The van der Waals surface area contributed by atoms with Crippen molar-refractivity contribution in [2.75, 3.05) is 40.9 Å². The summed E-state index contributed by atoms with van der Waals surface area (Å²) in [6, 6.07) is -0.854. The van der Waals surface area contributed by atoms with Crippen molar-refractivity contribution in [1.29, 1.82) is 0 Å². The molecule has 0 aromatic rings. The SMILES string of the molecule is CCCCC/C=C\C/C=C\CCCCCCCC(=O)NC(COP(=O)(O)OCC[N+](C)(C)C)C(O)/C=C/CCCCCCCCCCCCCCCCCCCCCCCCCCCCCC. The van der Waals surface area contributed by atoms with Crippen LogP contribution in [0.25, 0.3) is 0 Å². The maximum absolute atomic E-state index is 12.9. The highest BCUT2D eigenvalue weighted by molar-refractivity contribution is 7.47. The van der Waals surface area contributed by atoms with Crippen molar-refractivity contribution in [3.8, 4) is 0 Å². The highest BCUT2D eigenvalue weighted by atomic mass is 31.2. The molecular formula is C58H114N2O6P+. The molecule has 0 heterocycles. The van der Waals surface area contributed by atoms with Gasteiger partial charge in [-0.25, -0.2) is 4.57 Å². The number of allylic oxidation sites excluding steroid dienone is 5. The summed E-state index contributed by atoms with van der Waals surface area (Å²) < 4.78 is 23.7. The van der Waals surface area contributed by atoms with Gasteiger partial charge in [0.15, 0.2) is 0 Å². The average Bonchev–Trinajstić information content (AvgIpc) is 3.29. The summed E-state index contributed by atoms with van der Waals surface area (Å²) in [7, 11) is 1.57. The van der Waals surface area contributed by atoms with Crippen molar-refractivity contribution in [2.24, 2.45) is 0 Å². The van der Waals surface area contributed by atoms with Crippen molar-refractivity contribution < 1.29 is 32.9 Å². The van der Waals surface area contributed by atoms with Crippen molar-refractivity contribution in [3.05, 3.63) is 36.5 Å². The molecule has 0 radical (unpaired) electrons. The van der Waals surface area contributed by atoms with Gasteiger partial charge in [0.2, 0.25) is 5.91 Å². The fraction of sp³-hybridized carbons (Fsp3) is 0.879. The number of phosphoric acid groups is 1. The predicted molar refractivity (Wildman–Crippen MR) is 291 cm³/mol. The highest BCUT2D eigenvalue weighted by Gasteiger charge is 2.27. The first-order valence-electron chi connectivity index (χ1n) is 28.9. The first-order chi connectivity index (χ1) is 32.5. The van der Waals surface area contributed by atoms with Gasteiger partial charge < -0.3 is 19.8 Å². The smallest absolute Gasteiger partial charge is 0.387 e. The molecule has 0 aliphatic rings. The Morgan fingerprint density at radius 3 is 1.25 bits per heavy atom. The van der Waals surface area contributed by atoms with E-state index in [1.807, 2.05) is 27.2 Å². The average molecular weight is 967 g/mol. The van der Waals surface area contributed by atoms with E-state index in [1.54, 1.807) is 6.08 Å². The van der Waals surface area contributed by atoms with Crippen LogP contribution < -0.4 is 5.32 Å². The number of unbranched alkanes of at least 4 members (excludes halogenated alkanes) is 36. The minimum atomic E-state index is -4.35. The number of hydrogen-bond acceptors (Lipinski definition) is 5. The van der Waals surface area contributed by atoms with Crippen LogP contribution in [0.4, 0.5) is 0 Å². The molecular weight excluding hydrogens is 852 g/mol. The van der Waals surface area contributed by atoms with Crippen LogP contribution in [0, 0.1) is 0 Å². The highest BCUT2D eigenvalue weighted by Crippen LogP contribution is 2.43. The Labute approximate surface area is 417 Å². The Hall–Kier alpha value is -1.28. The lowest BCUT2D eigenvalue weighted by Gasteiger charge is -2.25. The van der Waals surface area contributed by atoms with Crippen molar-refractivity contribution in [1.82, 2.24) is 5.32 Å². The lowest BCUT2D eigenvalue weighted by Crippen LogP contribution is -2.45. The second kappa shape index (κ2) is 49.7. The number of quaternary nitrogens is 1. The predicted octanol–water partition coefficient (Wildman–Crippen LogP) is 17.4. The van der Waals surface area contributed by atoms with E-state index >= 15 is 0 Å². The van der Waals surface area contributed by atoms with Gasteiger partial charge in [-0.1, -0.05) is 256 Å². The summed E-state index contributed by atoms with van der Waals surface area (Å²) in [6.07, 6.45) is 64.0. The largest absolute Gasteiger partial charge is 0.472 e. The van der Waals surface area contributed by atoms with E-state index in [1.165, 1.54) is 193 Å². The summed E-state index contributed by atoms with van der Waals surface area (Å²) >= 11 is 0. The number of phosphoric ester groups is 1. The molecule has 396 valence electrons. The van der Waals surface area contributed by atoms with E-state index in [-0.39, 0.29) is 19.1 Å². The fourth-order valence-electron chi connectivity index (χ4n) is 8.54. The molecule has 8 nitrogen and oxygen atoms in total. The Balaban J connectivity index is 4.12. The lowest BCUT2D eigenvalue weighted by molar-refractivity contribution is -0.870. The van der Waals surface area contributed by atoms with Crippen molar-refractivity contribution >= 4 is 13.7 Å². The maximum Gasteiger partial charge on any atom is 0.472 e. The normalized spacial score (nSPS) is 14.2. The molecule has 0 aliphatic heterocycles. The third kappa shape index (κ3) is 52.4. The maximum atomic E-state index is 12.9. The molecule has 9 heteroatoms. The van der Waals surface area contributed by atoms with Gasteiger partial charge in [0.1, 0.15) is 13.2 Å². The number of hydrogen-bond donors (Lipinski definition) is 3. The van der Waals surface area contributed by atoms with Gasteiger partial charge in [0.05, 0.1) is 39.9 Å². The van der Waals surface area contributed by atoms with Crippen LogP contribution in [0.15, 0.2) is 36.5 Å². The van der Waals surface area contributed by atoms with Gasteiger partial charge in [-0.15, -0.1) is 0 Å². The van der Waals surface area contributed by atoms with Crippen LogP contribution in [-0.4, -0.2) is 73.4 Å². The molecule has 0 saturated carbocycles. The number of likely N-dealkylation sites (N-methyl/N-ethyl adjacent to an activating group) is 1. The third-order valence-corrected chi connectivity index (χ3v) is 14.1. The quantitative estimate of drug-likeness (QED) is 0.0243. The molecule has 0 aromatic heterocycles. The van der Waals surface area contributed by atoms with Crippen LogP contribution in [0.2, 0.25) is 0 Å². The number of nitrogens with zero attached hydrogens (tertiary/aromatic N) is 1. The second-order valence-electron chi connectivity index (χ2n) is 21.0. The van der Waals surface area contributed by atoms with Gasteiger partial charge in [-0.3, -0.25) is 13.8 Å². The van der Waals surface area contributed by atoms with E-state index in [4.69, 9.17) is 9.05 Å². The molecule has 0 fully saturated rings. The zero-order valence-corrected chi connectivity index (χ0v) is 46.0. The van der Waals surface area contributed by atoms with E-state index in [9.17, 15) is 19.4 Å². The van der Waals surface area contributed by atoms with Gasteiger partial charge in [0, 0.05) is 6.42 Å². The van der Waals surface area contributed by atoms with Crippen LogP contribution in [0.1, 0.15) is 277 Å². The second-order valence-corrected chi connectivity index (χ2v) is 22.5. The monoisotopic (exact) mass is 966 g/mol. The van der Waals surface area contributed by atoms with E-state index in [2.05, 4.69) is 43.5 Å². The molecule has 0 aromatic carbocycles. The topological polar surface area (TPSA) is 105 Å². The molecule has 0 bridgehead atoms. The van der Waals surface area contributed by atoms with Crippen LogP contribution in [0.5, 0.6) is 0 Å². The Bertz CT molecular complexity index is 1190. The van der Waals surface area contributed by atoms with Crippen molar-refractivity contribution in [2.45, 2.75) is 289 Å². The van der Waals surface area contributed by atoms with Gasteiger partial charge in [0.25, 0.3) is 0 Å². The van der Waals surface area contributed by atoms with E-state index < -0.39 is 20.0 Å². The molecule has 3 unspecified atom stereocenters. The number of aliphatic hydroxyl groups excluding tert-OH is 1. The lowest BCUT2D eigenvalue weighted by atomic mass is 10.0. The number of rotatable bonds is 53. The number of amides is 1. The molecule has 0 rings (SSSR count). The molecule has 0 aliphatic carbocycles. The molecule has 67 heavy (non-hydrogen) atoms. The number of aliphatic hydroxyl groups is 1. The summed E-state index contributed by atoms with van der Waals surface area (Å²) in [4.78, 5) is 23.2.